The minimum Gasteiger partial charge on any atom is -0.496 e. The molecule has 1 unspecified atom stereocenters. The highest BCUT2D eigenvalue weighted by molar-refractivity contribution is 9.10. The van der Waals surface area contributed by atoms with Gasteiger partial charge in [-0.05, 0) is 54.0 Å². The quantitative estimate of drug-likeness (QED) is 0.871. The molecule has 0 aliphatic heterocycles. The van der Waals surface area contributed by atoms with Crippen molar-refractivity contribution in [2.45, 2.75) is 26.3 Å². The van der Waals surface area contributed by atoms with Gasteiger partial charge in [0.2, 0.25) is 11.7 Å². The van der Waals surface area contributed by atoms with Crippen molar-refractivity contribution in [2.75, 3.05) is 13.7 Å². The Kier molecular flexibility index (Phi) is 5.14. The molecule has 6 heteroatoms. The maximum Gasteiger partial charge on any atom is 0.243 e. The van der Waals surface area contributed by atoms with E-state index in [1.165, 1.54) is 0 Å². The zero-order valence-electron chi connectivity index (χ0n) is 11.8. The summed E-state index contributed by atoms with van der Waals surface area (Å²) in [7, 11) is 1.63. The lowest BCUT2D eigenvalue weighted by Gasteiger charge is -2.07. The largest absolute Gasteiger partial charge is 0.496 e. The summed E-state index contributed by atoms with van der Waals surface area (Å²) in [6, 6.07) is 5.74. The third-order valence-corrected chi connectivity index (χ3v) is 3.54. The standard InChI is InChI=1S/C14H18BrN3O2/c1-4-7-16-9(2)14-17-13(18-20-14)10-5-6-12(19-3)11(15)8-10/h5-6,8-9,16H,4,7H2,1-3H3. The van der Waals surface area contributed by atoms with Crippen LogP contribution in [0.25, 0.3) is 11.4 Å². The fraction of sp³-hybridized carbons (Fsp3) is 0.429. The molecule has 2 rings (SSSR count). The number of methoxy groups -OCH3 is 1. The van der Waals surface area contributed by atoms with E-state index in [0.29, 0.717) is 11.7 Å². The molecule has 108 valence electrons. The van der Waals surface area contributed by atoms with Crippen LogP contribution in [0.1, 0.15) is 32.2 Å². The minimum absolute atomic E-state index is 0.0536. The molecule has 1 atom stereocenters. The third kappa shape index (κ3) is 3.37. The monoisotopic (exact) mass is 339 g/mol. The third-order valence-electron chi connectivity index (χ3n) is 2.92. The van der Waals surface area contributed by atoms with Gasteiger partial charge in [-0.2, -0.15) is 4.98 Å². The first-order valence-corrected chi connectivity index (χ1v) is 7.36. The van der Waals surface area contributed by atoms with Crippen LogP contribution in [-0.2, 0) is 0 Å². The molecule has 0 aliphatic rings. The van der Waals surface area contributed by atoms with Gasteiger partial charge in [0.15, 0.2) is 0 Å². The number of benzene rings is 1. The van der Waals surface area contributed by atoms with E-state index in [2.05, 4.69) is 38.3 Å². The number of halogens is 1. The summed E-state index contributed by atoms with van der Waals surface area (Å²) >= 11 is 3.45. The lowest BCUT2D eigenvalue weighted by Crippen LogP contribution is -2.19. The van der Waals surface area contributed by atoms with Crippen molar-refractivity contribution in [3.8, 4) is 17.1 Å². The van der Waals surface area contributed by atoms with Gasteiger partial charge in [0.25, 0.3) is 0 Å². The van der Waals surface area contributed by atoms with Crippen molar-refractivity contribution in [3.63, 3.8) is 0 Å². The first-order chi connectivity index (χ1) is 9.65. The highest BCUT2D eigenvalue weighted by atomic mass is 79.9. The summed E-state index contributed by atoms with van der Waals surface area (Å²) in [4.78, 5) is 4.43. The second-order valence-electron chi connectivity index (χ2n) is 4.48. The Balaban J connectivity index is 2.18. The summed E-state index contributed by atoms with van der Waals surface area (Å²) in [5.74, 6) is 1.95. The zero-order valence-corrected chi connectivity index (χ0v) is 13.4. The number of hydrogen-bond donors (Lipinski definition) is 1. The van der Waals surface area contributed by atoms with Gasteiger partial charge in [0, 0.05) is 5.56 Å². The van der Waals surface area contributed by atoms with Crippen molar-refractivity contribution in [3.05, 3.63) is 28.6 Å². The maximum absolute atomic E-state index is 5.30. The van der Waals surface area contributed by atoms with Gasteiger partial charge in [0.1, 0.15) is 5.75 Å². The number of hydrogen-bond acceptors (Lipinski definition) is 5. The molecule has 0 bridgehead atoms. The van der Waals surface area contributed by atoms with Crippen LogP contribution >= 0.6 is 15.9 Å². The molecule has 20 heavy (non-hydrogen) atoms. The average Bonchev–Trinajstić information content (AvgIpc) is 2.94. The first-order valence-electron chi connectivity index (χ1n) is 6.56. The summed E-state index contributed by atoms with van der Waals surface area (Å²) in [6.07, 6.45) is 1.07. The molecular weight excluding hydrogens is 322 g/mol. The van der Waals surface area contributed by atoms with Crippen LogP contribution in [-0.4, -0.2) is 23.8 Å². The van der Waals surface area contributed by atoms with E-state index < -0.39 is 0 Å². The van der Waals surface area contributed by atoms with Gasteiger partial charge in [0.05, 0.1) is 17.6 Å². The van der Waals surface area contributed by atoms with Crippen LogP contribution < -0.4 is 10.1 Å². The fourth-order valence-electron chi connectivity index (χ4n) is 1.78. The van der Waals surface area contributed by atoms with E-state index in [9.17, 15) is 0 Å². The van der Waals surface area contributed by atoms with E-state index in [-0.39, 0.29) is 6.04 Å². The Morgan fingerprint density at radius 2 is 2.25 bits per heavy atom. The topological polar surface area (TPSA) is 60.2 Å². The summed E-state index contributed by atoms with van der Waals surface area (Å²) in [5, 5.41) is 7.34. The van der Waals surface area contributed by atoms with Crippen molar-refractivity contribution in [1.82, 2.24) is 15.5 Å². The highest BCUT2D eigenvalue weighted by Crippen LogP contribution is 2.29. The SMILES string of the molecule is CCCNC(C)c1nc(-c2ccc(OC)c(Br)c2)no1. The van der Waals surface area contributed by atoms with Gasteiger partial charge in [-0.25, -0.2) is 0 Å². The first kappa shape index (κ1) is 15.0. The van der Waals surface area contributed by atoms with E-state index >= 15 is 0 Å². The number of nitrogens with zero attached hydrogens (tertiary/aromatic N) is 2. The number of aromatic nitrogens is 2. The van der Waals surface area contributed by atoms with Crippen LogP contribution in [0.15, 0.2) is 27.2 Å². The van der Waals surface area contributed by atoms with Crippen LogP contribution in [0, 0.1) is 0 Å². The van der Waals surface area contributed by atoms with Crippen LogP contribution in [0.5, 0.6) is 5.75 Å². The Bertz CT molecular complexity index is 571. The predicted molar refractivity (Wildman–Crippen MR) is 80.7 cm³/mol. The highest BCUT2D eigenvalue weighted by Gasteiger charge is 2.15. The zero-order chi connectivity index (χ0) is 14.5. The molecule has 5 nitrogen and oxygen atoms in total. The van der Waals surface area contributed by atoms with E-state index in [1.807, 2.05) is 25.1 Å². The molecule has 1 aromatic carbocycles. The maximum atomic E-state index is 5.30. The smallest absolute Gasteiger partial charge is 0.243 e. The molecule has 2 aromatic rings. The van der Waals surface area contributed by atoms with Gasteiger partial charge in [-0.1, -0.05) is 12.1 Å². The van der Waals surface area contributed by atoms with Crippen molar-refractivity contribution in [1.29, 1.82) is 0 Å². The number of ether oxygens (including phenoxy) is 1. The summed E-state index contributed by atoms with van der Waals surface area (Å²) < 4.78 is 11.4. The van der Waals surface area contributed by atoms with Crippen LogP contribution in [0.4, 0.5) is 0 Å². The molecule has 0 aliphatic carbocycles. The van der Waals surface area contributed by atoms with E-state index in [0.717, 1.165) is 28.8 Å². The lowest BCUT2D eigenvalue weighted by atomic mass is 10.2. The Labute approximate surface area is 126 Å². The van der Waals surface area contributed by atoms with Gasteiger partial charge < -0.3 is 14.6 Å². The Morgan fingerprint density at radius 1 is 1.45 bits per heavy atom. The molecular formula is C14H18BrN3O2. The fourth-order valence-corrected chi connectivity index (χ4v) is 2.32. The predicted octanol–water partition coefficient (Wildman–Crippen LogP) is 3.57. The minimum atomic E-state index is 0.0536. The lowest BCUT2D eigenvalue weighted by molar-refractivity contribution is 0.340. The molecule has 1 aromatic heterocycles. The van der Waals surface area contributed by atoms with Crippen LogP contribution in [0.2, 0.25) is 0 Å². The summed E-state index contributed by atoms with van der Waals surface area (Å²) in [6.45, 7) is 5.05. The molecule has 0 amide bonds. The van der Waals surface area contributed by atoms with Crippen molar-refractivity contribution >= 4 is 15.9 Å². The van der Waals surface area contributed by atoms with E-state index in [4.69, 9.17) is 9.26 Å². The number of rotatable bonds is 6. The summed E-state index contributed by atoms with van der Waals surface area (Å²) in [5.41, 5.74) is 0.885. The molecule has 1 N–H and O–H groups in total. The molecule has 0 spiro atoms. The second kappa shape index (κ2) is 6.85. The van der Waals surface area contributed by atoms with E-state index in [1.54, 1.807) is 7.11 Å². The van der Waals surface area contributed by atoms with Crippen molar-refractivity contribution < 1.29 is 9.26 Å². The molecule has 0 saturated heterocycles. The normalized spacial score (nSPS) is 12.4. The van der Waals surface area contributed by atoms with Gasteiger partial charge >= 0.3 is 0 Å². The van der Waals surface area contributed by atoms with Gasteiger partial charge in [-0.15, -0.1) is 0 Å². The Morgan fingerprint density at radius 3 is 2.90 bits per heavy atom. The van der Waals surface area contributed by atoms with Crippen molar-refractivity contribution in [2.24, 2.45) is 0 Å². The molecule has 0 radical (unpaired) electrons. The van der Waals surface area contributed by atoms with Crippen LogP contribution in [0.3, 0.4) is 0 Å². The number of nitrogens with one attached hydrogen (secondary N) is 1. The molecule has 0 fully saturated rings. The Hall–Kier alpha value is -1.40. The molecule has 1 heterocycles. The van der Waals surface area contributed by atoms with Gasteiger partial charge in [-0.3, -0.25) is 0 Å². The second-order valence-corrected chi connectivity index (χ2v) is 5.34. The molecule has 0 saturated carbocycles. The average molecular weight is 340 g/mol.